The summed E-state index contributed by atoms with van der Waals surface area (Å²) in [6.07, 6.45) is 3.32. The van der Waals surface area contributed by atoms with Crippen LogP contribution in [0.2, 0.25) is 0 Å². The number of benzene rings is 2. The zero-order valence-corrected chi connectivity index (χ0v) is 16.5. The van der Waals surface area contributed by atoms with E-state index in [1.807, 2.05) is 36.4 Å². The molecule has 1 N–H and O–H groups in total. The molecule has 136 valence electrons. The maximum Gasteiger partial charge on any atom is 0.265 e. The van der Waals surface area contributed by atoms with Gasteiger partial charge in [-0.05, 0) is 29.8 Å². The fourth-order valence-electron chi connectivity index (χ4n) is 2.77. The van der Waals surface area contributed by atoms with Crippen molar-refractivity contribution in [2.24, 2.45) is 0 Å². The van der Waals surface area contributed by atoms with E-state index < -0.39 is 10.0 Å². The zero-order chi connectivity index (χ0) is 18.9. The number of hydrogen-bond acceptors (Lipinski definition) is 4. The first kappa shape index (κ1) is 17.7. The Morgan fingerprint density at radius 3 is 2.59 bits per heavy atom. The van der Waals surface area contributed by atoms with Crippen LogP contribution in [-0.4, -0.2) is 23.2 Å². The van der Waals surface area contributed by atoms with E-state index in [2.05, 4.69) is 30.7 Å². The van der Waals surface area contributed by atoms with Crippen LogP contribution in [0.3, 0.4) is 0 Å². The highest BCUT2D eigenvalue weighted by atomic mass is 79.9. The quantitative estimate of drug-likeness (QED) is 0.505. The molecule has 0 atom stereocenters. The highest BCUT2D eigenvalue weighted by Gasteiger charge is 2.19. The minimum absolute atomic E-state index is 0.128. The molecule has 4 aromatic rings. The van der Waals surface area contributed by atoms with E-state index in [9.17, 15) is 8.42 Å². The largest absolute Gasteiger partial charge is 0.266 e. The number of hydrogen-bond donors (Lipinski definition) is 1. The van der Waals surface area contributed by atoms with E-state index in [-0.39, 0.29) is 10.7 Å². The van der Waals surface area contributed by atoms with Gasteiger partial charge in [-0.3, -0.25) is 14.4 Å². The molecular formula is C19H15BrN4O2S. The monoisotopic (exact) mass is 442 g/mol. The van der Waals surface area contributed by atoms with Gasteiger partial charge in [0.15, 0.2) is 5.82 Å². The molecule has 6 nitrogen and oxygen atoms in total. The number of nitrogens with one attached hydrogen (secondary N) is 1. The predicted molar refractivity (Wildman–Crippen MR) is 108 cm³/mol. The molecule has 27 heavy (non-hydrogen) atoms. The minimum Gasteiger partial charge on any atom is -0.266 e. The summed E-state index contributed by atoms with van der Waals surface area (Å²) in [7, 11) is -3.80. The van der Waals surface area contributed by atoms with Gasteiger partial charge in [0.1, 0.15) is 4.90 Å². The zero-order valence-electron chi connectivity index (χ0n) is 14.1. The summed E-state index contributed by atoms with van der Waals surface area (Å²) in [5, 5.41) is 5.08. The van der Waals surface area contributed by atoms with Crippen molar-refractivity contribution in [2.75, 3.05) is 4.72 Å². The lowest BCUT2D eigenvalue weighted by Gasteiger charge is -2.08. The van der Waals surface area contributed by atoms with Gasteiger partial charge < -0.3 is 0 Å². The van der Waals surface area contributed by atoms with Crippen molar-refractivity contribution in [3.05, 3.63) is 83.1 Å². The standard InChI is InChI=1S/C19H15BrN4O2S/c20-16-8-6-14(7-9-16)13-24-12-10-18(22-24)23-27(25,26)17-5-1-3-15-4-2-11-21-19(15)17/h1-12H,13H2,(H,22,23). The molecule has 0 radical (unpaired) electrons. The molecule has 0 unspecified atom stereocenters. The van der Waals surface area contributed by atoms with E-state index in [0.717, 1.165) is 15.4 Å². The Hall–Kier alpha value is -2.71. The van der Waals surface area contributed by atoms with E-state index in [4.69, 9.17) is 0 Å². The summed E-state index contributed by atoms with van der Waals surface area (Å²) in [5.41, 5.74) is 1.50. The molecule has 0 bridgehead atoms. The van der Waals surface area contributed by atoms with Crippen LogP contribution in [0.4, 0.5) is 5.82 Å². The molecular weight excluding hydrogens is 428 g/mol. The van der Waals surface area contributed by atoms with Crippen LogP contribution in [0.5, 0.6) is 0 Å². The lowest BCUT2D eigenvalue weighted by atomic mass is 10.2. The van der Waals surface area contributed by atoms with Crippen LogP contribution < -0.4 is 4.72 Å². The van der Waals surface area contributed by atoms with Gasteiger partial charge in [0.05, 0.1) is 12.1 Å². The Balaban J connectivity index is 1.58. The Morgan fingerprint density at radius 2 is 1.78 bits per heavy atom. The Labute approximate surface area is 165 Å². The lowest BCUT2D eigenvalue weighted by Crippen LogP contribution is -2.14. The van der Waals surface area contributed by atoms with E-state index in [1.165, 1.54) is 6.07 Å². The number of aromatic nitrogens is 3. The Bertz CT molecular complexity index is 1200. The van der Waals surface area contributed by atoms with Gasteiger partial charge in [-0.1, -0.05) is 46.3 Å². The summed E-state index contributed by atoms with van der Waals surface area (Å²) in [6.45, 7) is 0.546. The summed E-state index contributed by atoms with van der Waals surface area (Å²) in [6, 6.07) is 18.2. The molecule has 0 aliphatic rings. The van der Waals surface area contributed by atoms with Crippen LogP contribution in [-0.2, 0) is 16.6 Å². The maximum absolute atomic E-state index is 12.8. The van der Waals surface area contributed by atoms with E-state index in [0.29, 0.717) is 12.1 Å². The van der Waals surface area contributed by atoms with Gasteiger partial charge in [0.25, 0.3) is 10.0 Å². The fourth-order valence-corrected chi connectivity index (χ4v) is 4.21. The van der Waals surface area contributed by atoms with Gasteiger partial charge in [0, 0.05) is 28.3 Å². The van der Waals surface area contributed by atoms with Gasteiger partial charge in [-0.15, -0.1) is 0 Å². The van der Waals surface area contributed by atoms with Crippen molar-refractivity contribution in [3.63, 3.8) is 0 Å². The first-order valence-electron chi connectivity index (χ1n) is 8.16. The molecule has 2 heterocycles. The number of halogens is 1. The molecule has 2 aromatic carbocycles. The summed E-state index contributed by atoms with van der Waals surface area (Å²) >= 11 is 3.40. The topological polar surface area (TPSA) is 76.9 Å². The van der Waals surface area contributed by atoms with Gasteiger partial charge in [-0.25, -0.2) is 8.42 Å². The van der Waals surface area contributed by atoms with E-state index >= 15 is 0 Å². The minimum atomic E-state index is -3.80. The van der Waals surface area contributed by atoms with Crippen LogP contribution >= 0.6 is 15.9 Å². The van der Waals surface area contributed by atoms with Crippen molar-refractivity contribution in [3.8, 4) is 0 Å². The molecule has 0 aliphatic carbocycles. The Kier molecular flexibility index (Phi) is 4.67. The molecule has 8 heteroatoms. The summed E-state index contributed by atoms with van der Waals surface area (Å²) < 4.78 is 30.9. The van der Waals surface area contributed by atoms with Crippen molar-refractivity contribution in [1.82, 2.24) is 14.8 Å². The van der Waals surface area contributed by atoms with Crippen LogP contribution in [0.15, 0.2) is 82.4 Å². The third kappa shape index (κ3) is 3.86. The third-order valence-electron chi connectivity index (χ3n) is 4.02. The second-order valence-electron chi connectivity index (χ2n) is 5.96. The average molecular weight is 443 g/mol. The molecule has 0 saturated carbocycles. The molecule has 4 rings (SSSR count). The summed E-state index contributed by atoms with van der Waals surface area (Å²) in [4.78, 5) is 4.34. The van der Waals surface area contributed by atoms with Gasteiger partial charge in [0.2, 0.25) is 0 Å². The van der Waals surface area contributed by atoms with Crippen molar-refractivity contribution in [2.45, 2.75) is 11.4 Å². The maximum atomic E-state index is 12.8. The Morgan fingerprint density at radius 1 is 1.00 bits per heavy atom. The predicted octanol–water partition coefficient (Wildman–Crippen LogP) is 4.04. The van der Waals surface area contributed by atoms with Gasteiger partial charge in [-0.2, -0.15) is 5.10 Å². The molecule has 2 aromatic heterocycles. The first-order chi connectivity index (χ1) is 13.0. The number of sulfonamides is 1. The van der Waals surface area contributed by atoms with Crippen LogP contribution in [0, 0.1) is 0 Å². The number of nitrogens with zero attached hydrogens (tertiary/aromatic N) is 3. The normalized spacial score (nSPS) is 11.6. The molecule has 0 aliphatic heterocycles. The molecule has 0 saturated heterocycles. The molecule has 0 amide bonds. The highest BCUT2D eigenvalue weighted by molar-refractivity contribution is 9.10. The third-order valence-corrected chi connectivity index (χ3v) is 5.94. The smallest absolute Gasteiger partial charge is 0.265 e. The summed E-state index contributed by atoms with van der Waals surface area (Å²) in [5.74, 6) is 0.264. The average Bonchev–Trinajstić information content (AvgIpc) is 3.09. The highest BCUT2D eigenvalue weighted by Crippen LogP contribution is 2.22. The SMILES string of the molecule is O=S(=O)(Nc1ccn(Cc2ccc(Br)cc2)n1)c1cccc2cccnc12. The second-order valence-corrected chi connectivity index (χ2v) is 8.53. The number of rotatable bonds is 5. The van der Waals surface area contributed by atoms with Crippen molar-refractivity contribution < 1.29 is 8.42 Å². The number of fused-ring (bicyclic) bond motifs is 1. The molecule has 0 spiro atoms. The van der Waals surface area contributed by atoms with E-state index in [1.54, 1.807) is 35.3 Å². The lowest BCUT2D eigenvalue weighted by molar-refractivity contribution is 0.601. The fraction of sp³-hybridized carbons (Fsp3) is 0.0526. The van der Waals surface area contributed by atoms with Crippen molar-refractivity contribution >= 4 is 42.7 Å². The van der Waals surface area contributed by atoms with Crippen molar-refractivity contribution in [1.29, 1.82) is 0 Å². The van der Waals surface area contributed by atoms with Crippen LogP contribution in [0.1, 0.15) is 5.56 Å². The second kappa shape index (κ2) is 7.13. The number of para-hydroxylation sites is 1. The van der Waals surface area contributed by atoms with Gasteiger partial charge >= 0.3 is 0 Å². The number of pyridine rings is 1. The first-order valence-corrected chi connectivity index (χ1v) is 10.4. The molecule has 0 fully saturated rings. The van der Waals surface area contributed by atoms with Crippen LogP contribution in [0.25, 0.3) is 10.9 Å². The number of anilines is 1.